The van der Waals surface area contributed by atoms with E-state index in [-0.39, 0.29) is 10.7 Å². The smallest absolute Gasteiger partial charge is 0.262 e. The van der Waals surface area contributed by atoms with Crippen LogP contribution in [0, 0.1) is 6.92 Å². The Morgan fingerprint density at radius 1 is 1.14 bits per heavy atom. The fourth-order valence-corrected chi connectivity index (χ4v) is 3.25. The van der Waals surface area contributed by atoms with Gasteiger partial charge < -0.3 is 5.73 Å². The van der Waals surface area contributed by atoms with E-state index in [1.807, 2.05) is 0 Å². The van der Waals surface area contributed by atoms with Crippen molar-refractivity contribution in [2.45, 2.75) is 18.7 Å². The van der Waals surface area contributed by atoms with Crippen LogP contribution in [0.15, 0.2) is 47.4 Å². The lowest BCUT2D eigenvalue weighted by Crippen LogP contribution is -2.15. The summed E-state index contributed by atoms with van der Waals surface area (Å²) in [6, 6.07) is 11.0. The van der Waals surface area contributed by atoms with Gasteiger partial charge in [0.25, 0.3) is 10.0 Å². The normalized spacial score (nSPS) is 11.1. The predicted molar refractivity (Wildman–Crippen MR) is 82.8 cm³/mol. The van der Waals surface area contributed by atoms with Crippen LogP contribution in [-0.2, 0) is 10.0 Å². The average molecular weight is 304 g/mol. The van der Waals surface area contributed by atoms with Crippen molar-refractivity contribution in [1.29, 1.82) is 0 Å². The number of anilines is 2. The van der Waals surface area contributed by atoms with Crippen molar-refractivity contribution in [3.8, 4) is 0 Å². The number of hydrogen-bond acceptors (Lipinski definition) is 4. The third kappa shape index (κ3) is 3.41. The maximum Gasteiger partial charge on any atom is 0.262 e. The highest BCUT2D eigenvalue weighted by molar-refractivity contribution is 7.92. The zero-order valence-corrected chi connectivity index (χ0v) is 12.6. The molecule has 0 unspecified atom stereocenters. The van der Waals surface area contributed by atoms with E-state index in [2.05, 4.69) is 4.72 Å². The highest BCUT2D eigenvalue weighted by Crippen LogP contribution is 2.22. The third-order valence-electron chi connectivity index (χ3n) is 3.02. The lowest BCUT2D eigenvalue weighted by molar-refractivity contribution is 0.101. The molecule has 0 fully saturated rings. The number of Topliss-reactive ketones (excluding diaryl/α,β-unsaturated/α-hetero) is 1. The van der Waals surface area contributed by atoms with Crippen molar-refractivity contribution in [3.63, 3.8) is 0 Å². The van der Waals surface area contributed by atoms with Crippen LogP contribution >= 0.6 is 0 Å². The highest BCUT2D eigenvalue weighted by atomic mass is 32.2. The minimum atomic E-state index is -3.75. The Morgan fingerprint density at radius 2 is 1.86 bits per heavy atom. The van der Waals surface area contributed by atoms with Gasteiger partial charge in [-0.25, -0.2) is 8.42 Å². The summed E-state index contributed by atoms with van der Waals surface area (Å²) in [5.41, 5.74) is 7.40. The Bertz CT molecular complexity index is 798. The summed E-state index contributed by atoms with van der Waals surface area (Å²) < 4.78 is 27.3. The van der Waals surface area contributed by atoms with Gasteiger partial charge in [0.2, 0.25) is 0 Å². The van der Waals surface area contributed by atoms with E-state index in [0.717, 1.165) is 0 Å². The van der Waals surface area contributed by atoms with E-state index in [1.54, 1.807) is 37.3 Å². The minimum absolute atomic E-state index is 0.121. The van der Waals surface area contributed by atoms with Crippen LogP contribution in [0.5, 0.6) is 0 Å². The van der Waals surface area contributed by atoms with Crippen molar-refractivity contribution >= 4 is 27.2 Å². The summed E-state index contributed by atoms with van der Waals surface area (Å²) in [7, 11) is -3.75. The maximum absolute atomic E-state index is 12.4. The predicted octanol–water partition coefficient (Wildman–Crippen LogP) is 2.58. The fourth-order valence-electron chi connectivity index (χ4n) is 1.92. The van der Waals surface area contributed by atoms with Crippen LogP contribution < -0.4 is 10.5 Å². The summed E-state index contributed by atoms with van der Waals surface area (Å²) in [5.74, 6) is -0.129. The molecule has 21 heavy (non-hydrogen) atoms. The molecular formula is C15H16N2O3S. The van der Waals surface area contributed by atoms with Crippen LogP contribution in [0.4, 0.5) is 11.4 Å². The van der Waals surface area contributed by atoms with Gasteiger partial charge in [0.15, 0.2) is 5.78 Å². The SMILES string of the molecule is CC(=O)c1cccc(NS(=O)(=O)c2cc(N)ccc2C)c1. The first-order valence-electron chi connectivity index (χ1n) is 6.29. The topological polar surface area (TPSA) is 89.3 Å². The van der Waals surface area contributed by atoms with Gasteiger partial charge in [0.1, 0.15) is 0 Å². The molecule has 0 saturated carbocycles. The summed E-state index contributed by atoms with van der Waals surface area (Å²) in [5, 5.41) is 0. The van der Waals surface area contributed by atoms with Crippen LogP contribution in [0.2, 0.25) is 0 Å². The quantitative estimate of drug-likeness (QED) is 0.671. The molecular weight excluding hydrogens is 288 g/mol. The van der Waals surface area contributed by atoms with Crippen molar-refractivity contribution < 1.29 is 13.2 Å². The zero-order chi connectivity index (χ0) is 15.6. The molecule has 110 valence electrons. The fraction of sp³-hybridized carbons (Fsp3) is 0.133. The van der Waals surface area contributed by atoms with Gasteiger partial charge in [-0.3, -0.25) is 9.52 Å². The number of benzene rings is 2. The molecule has 0 atom stereocenters. The van der Waals surface area contributed by atoms with E-state index in [1.165, 1.54) is 19.1 Å². The molecule has 6 heteroatoms. The first-order chi connectivity index (χ1) is 9.79. The number of nitrogens with two attached hydrogens (primary N) is 1. The molecule has 0 bridgehead atoms. The third-order valence-corrected chi connectivity index (χ3v) is 4.55. The number of rotatable bonds is 4. The largest absolute Gasteiger partial charge is 0.399 e. The Morgan fingerprint density at radius 3 is 2.52 bits per heavy atom. The summed E-state index contributed by atoms with van der Waals surface area (Å²) in [6.07, 6.45) is 0. The summed E-state index contributed by atoms with van der Waals surface area (Å²) in [4.78, 5) is 11.5. The molecule has 2 aromatic rings. The molecule has 0 aromatic heterocycles. The number of ketones is 1. The Kier molecular flexibility index (Phi) is 3.99. The number of hydrogen-bond donors (Lipinski definition) is 2. The highest BCUT2D eigenvalue weighted by Gasteiger charge is 2.17. The first kappa shape index (κ1) is 15.1. The molecule has 5 nitrogen and oxygen atoms in total. The molecule has 0 amide bonds. The second-order valence-electron chi connectivity index (χ2n) is 4.77. The van der Waals surface area contributed by atoms with Crippen molar-refractivity contribution in [2.75, 3.05) is 10.5 Å². The molecule has 0 aliphatic carbocycles. The van der Waals surface area contributed by atoms with Crippen molar-refractivity contribution in [3.05, 3.63) is 53.6 Å². The second kappa shape index (κ2) is 5.57. The second-order valence-corrected chi connectivity index (χ2v) is 6.42. The van der Waals surface area contributed by atoms with Gasteiger partial charge in [-0.2, -0.15) is 0 Å². The van der Waals surface area contributed by atoms with Crippen molar-refractivity contribution in [2.24, 2.45) is 0 Å². The maximum atomic E-state index is 12.4. The number of nitrogen functional groups attached to an aromatic ring is 1. The van der Waals surface area contributed by atoms with Crippen LogP contribution in [0.1, 0.15) is 22.8 Å². The van der Waals surface area contributed by atoms with Crippen LogP contribution in [-0.4, -0.2) is 14.2 Å². The number of carbonyl (C=O) groups is 1. The average Bonchev–Trinajstić information content (AvgIpc) is 2.41. The Labute approximate surface area is 123 Å². The van der Waals surface area contributed by atoms with Gasteiger partial charge in [0, 0.05) is 16.9 Å². The lowest BCUT2D eigenvalue weighted by atomic mass is 10.1. The van der Waals surface area contributed by atoms with E-state index in [9.17, 15) is 13.2 Å². The summed E-state index contributed by atoms with van der Waals surface area (Å²) >= 11 is 0. The molecule has 0 aliphatic rings. The van der Waals surface area contributed by atoms with E-state index in [4.69, 9.17) is 5.73 Å². The van der Waals surface area contributed by atoms with Crippen molar-refractivity contribution in [1.82, 2.24) is 0 Å². The zero-order valence-electron chi connectivity index (χ0n) is 11.8. The van der Waals surface area contributed by atoms with Gasteiger partial charge in [0.05, 0.1) is 4.90 Å². The standard InChI is InChI=1S/C15H16N2O3S/c1-10-6-7-13(16)9-15(10)21(19,20)17-14-5-3-4-12(8-14)11(2)18/h3-9,17H,16H2,1-2H3. The van der Waals surface area contributed by atoms with E-state index >= 15 is 0 Å². The summed E-state index contributed by atoms with van der Waals surface area (Å²) in [6.45, 7) is 3.12. The molecule has 0 radical (unpaired) electrons. The van der Waals surface area contributed by atoms with E-state index in [0.29, 0.717) is 22.5 Å². The van der Waals surface area contributed by atoms with Gasteiger partial charge in [-0.05, 0) is 43.7 Å². The molecule has 2 aromatic carbocycles. The van der Waals surface area contributed by atoms with Crippen LogP contribution in [0.3, 0.4) is 0 Å². The van der Waals surface area contributed by atoms with Gasteiger partial charge in [-0.1, -0.05) is 18.2 Å². The molecule has 0 spiro atoms. The number of sulfonamides is 1. The Balaban J connectivity index is 2.40. The van der Waals surface area contributed by atoms with Gasteiger partial charge in [-0.15, -0.1) is 0 Å². The monoisotopic (exact) mass is 304 g/mol. The number of carbonyl (C=O) groups excluding carboxylic acids is 1. The van der Waals surface area contributed by atoms with Crippen LogP contribution in [0.25, 0.3) is 0 Å². The molecule has 0 heterocycles. The number of aryl methyl sites for hydroxylation is 1. The molecule has 0 saturated heterocycles. The number of nitrogens with one attached hydrogen (secondary N) is 1. The molecule has 2 rings (SSSR count). The van der Waals surface area contributed by atoms with E-state index < -0.39 is 10.0 Å². The molecule has 0 aliphatic heterocycles. The van der Waals surface area contributed by atoms with Gasteiger partial charge >= 0.3 is 0 Å². The lowest BCUT2D eigenvalue weighted by Gasteiger charge is -2.11. The molecule has 3 N–H and O–H groups in total. The first-order valence-corrected chi connectivity index (χ1v) is 7.78. The Hall–Kier alpha value is -2.34. The minimum Gasteiger partial charge on any atom is -0.399 e.